The summed E-state index contributed by atoms with van der Waals surface area (Å²) in [5.41, 5.74) is 1.25. The van der Waals surface area contributed by atoms with Crippen molar-refractivity contribution in [1.82, 2.24) is 0 Å². The largest absolute Gasteiger partial charge is 0.478 e. The molecule has 0 bridgehead atoms. The molecule has 2 rings (SSSR count). The van der Waals surface area contributed by atoms with Crippen LogP contribution < -0.4 is 5.32 Å². The fourth-order valence-corrected chi connectivity index (χ4v) is 2.81. The number of aryl methyl sites for hydroxylation is 1. The van der Waals surface area contributed by atoms with E-state index in [1.807, 2.05) is 0 Å². The first-order valence-electron chi connectivity index (χ1n) is 7.12. The summed E-state index contributed by atoms with van der Waals surface area (Å²) < 4.78 is 0. The average molecular weight is 275 g/mol. The van der Waals surface area contributed by atoms with Gasteiger partial charge in [0.1, 0.15) is 0 Å². The van der Waals surface area contributed by atoms with E-state index in [2.05, 4.69) is 12.2 Å². The number of carboxylic acids is 1. The zero-order chi connectivity index (χ0) is 14.7. The molecule has 108 valence electrons. The number of amides is 1. The number of rotatable bonds is 3. The molecule has 0 aliphatic heterocycles. The number of hydrogen-bond donors (Lipinski definition) is 2. The number of anilines is 1. The maximum absolute atomic E-state index is 12.3. The van der Waals surface area contributed by atoms with E-state index in [-0.39, 0.29) is 17.4 Å². The Balaban J connectivity index is 2.12. The lowest BCUT2D eigenvalue weighted by atomic mass is 9.82. The van der Waals surface area contributed by atoms with Gasteiger partial charge in [-0.2, -0.15) is 0 Å². The summed E-state index contributed by atoms with van der Waals surface area (Å²) in [6.45, 7) is 3.94. The van der Waals surface area contributed by atoms with Gasteiger partial charge in [0.2, 0.25) is 5.91 Å². The fourth-order valence-electron chi connectivity index (χ4n) is 2.81. The Morgan fingerprint density at radius 3 is 2.45 bits per heavy atom. The van der Waals surface area contributed by atoms with Gasteiger partial charge in [-0.05, 0) is 50.2 Å². The quantitative estimate of drug-likeness (QED) is 0.887. The summed E-state index contributed by atoms with van der Waals surface area (Å²) in [5, 5.41) is 12.1. The highest BCUT2D eigenvalue weighted by atomic mass is 16.4. The maximum Gasteiger partial charge on any atom is 0.338 e. The summed E-state index contributed by atoms with van der Waals surface area (Å²) in [6, 6.07) is 5.15. The number of carboxylic acid groups (broad SMARTS) is 1. The number of hydrogen-bond acceptors (Lipinski definition) is 2. The van der Waals surface area contributed by atoms with Crippen LogP contribution in [0.5, 0.6) is 0 Å². The lowest BCUT2D eigenvalue weighted by Gasteiger charge is -2.25. The van der Waals surface area contributed by atoms with E-state index in [0.29, 0.717) is 17.2 Å². The molecular formula is C16H21NO3. The van der Waals surface area contributed by atoms with Crippen LogP contribution in [-0.2, 0) is 4.79 Å². The number of carbonyl (C=O) groups excluding carboxylic acids is 1. The molecule has 4 heteroatoms. The standard InChI is InChI=1S/C16H21NO3/c1-10-6-8-12(9-7-10)15(18)17-13-5-3-4-11(2)14(13)16(19)20/h3-5,10,12H,6-9H2,1-2H3,(H,17,18)(H,19,20). The van der Waals surface area contributed by atoms with E-state index in [0.717, 1.165) is 25.7 Å². The van der Waals surface area contributed by atoms with Gasteiger partial charge in [0.25, 0.3) is 0 Å². The van der Waals surface area contributed by atoms with Gasteiger partial charge in [-0.3, -0.25) is 4.79 Å². The first-order chi connectivity index (χ1) is 9.49. The molecule has 1 aromatic carbocycles. The summed E-state index contributed by atoms with van der Waals surface area (Å²) >= 11 is 0. The number of aromatic carboxylic acids is 1. The monoisotopic (exact) mass is 275 g/mol. The van der Waals surface area contributed by atoms with Crippen LogP contribution in [-0.4, -0.2) is 17.0 Å². The molecule has 0 spiro atoms. The molecular weight excluding hydrogens is 254 g/mol. The van der Waals surface area contributed by atoms with Crippen LogP contribution in [0.2, 0.25) is 0 Å². The second-order valence-corrected chi connectivity index (χ2v) is 5.75. The van der Waals surface area contributed by atoms with Gasteiger partial charge in [-0.25, -0.2) is 4.79 Å². The molecule has 0 aromatic heterocycles. The van der Waals surface area contributed by atoms with E-state index in [9.17, 15) is 14.7 Å². The number of benzene rings is 1. The molecule has 0 heterocycles. The SMILES string of the molecule is Cc1cccc(NC(=O)C2CCC(C)CC2)c1C(=O)O. The predicted octanol–water partition coefficient (Wildman–Crippen LogP) is 3.46. The van der Waals surface area contributed by atoms with Crippen molar-refractivity contribution in [2.45, 2.75) is 39.5 Å². The van der Waals surface area contributed by atoms with Gasteiger partial charge >= 0.3 is 5.97 Å². The second kappa shape index (κ2) is 6.07. The molecule has 0 unspecified atom stereocenters. The van der Waals surface area contributed by atoms with E-state index in [1.54, 1.807) is 25.1 Å². The minimum atomic E-state index is -1.00. The lowest BCUT2D eigenvalue weighted by molar-refractivity contribution is -0.121. The first kappa shape index (κ1) is 14.6. The van der Waals surface area contributed by atoms with E-state index in [1.165, 1.54) is 0 Å². The van der Waals surface area contributed by atoms with Crippen LogP contribution in [0.3, 0.4) is 0 Å². The molecule has 1 aliphatic carbocycles. The van der Waals surface area contributed by atoms with Crippen LogP contribution in [0.1, 0.15) is 48.5 Å². The smallest absolute Gasteiger partial charge is 0.338 e. The molecule has 0 atom stereocenters. The summed E-state index contributed by atoms with van der Waals surface area (Å²) in [6.07, 6.45) is 3.91. The molecule has 2 N–H and O–H groups in total. The number of nitrogens with one attached hydrogen (secondary N) is 1. The highest BCUT2D eigenvalue weighted by Gasteiger charge is 2.25. The predicted molar refractivity (Wildman–Crippen MR) is 77.9 cm³/mol. The zero-order valence-electron chi connectivity index (χ0n) is 12.0. The fraction of sp³-hybridized carbons (Fsp3) is 0.500. The van der Waals surface area contributed by atoms with Gasteiger partial charge in [0.05, 0.1) is 11.3 Å². The Kier molecular flexibility index (Phi) is 4.42. The minimum absolute atomic E-state index is 0.00774. The minimum Gasteiger partial charge on any atom is -0.478 e. The van der Waals surface area contributed by atoms with Crippen molar-refractivity contribution in [2.24, 2.45) is 11.8 Å². The summed E-state index contributed by atoms with van der Waals surface area (Å²) in [7, 11) is 0. The third-order valence-corrected chi connectivity index (χ3v) is 4.13. The Hall–Kier alpha value is -1.84. The van der Waals surface area contributed by atoms with Crippen LogP contribution in [0, 0.1) is 18.8 Å². The van der Waals surface area contributed by atoms with E-state index in [4.69, 9.17) is 0 Å². The van der Waals surface area contributed by atoms with Gasteiger partial charge in [0, 0.05) is 5.92 Å². The van der Waals surface area contributed by atoms with Crippen LogP contribution >= 0.6 is 0 Å². The molecule has 1 fully saturated rings. The van der Waals surface area contributed by atoms with Gasteiger partial charge < -0.3 is 10.4 Å². The van der Waals surface area contributed by atoms with Crippen molar-refractivity contribution in [3.63, 3.8) is 0 Å². The van der Waals surface area contributed by atoms with Crippen molar-refractivity contribution in [3.8, 4) is 0 Å². The Morgan fingerprint density at radius 2 is 1.85 bits per heavy atom. The molecule has 20 heavy (non-hydrogen) atoms. The third-order valence-electron chi connectivity index (χ3n) is 4.13. The molecule has 0 saturated heterocycles. The summed E-state index contributed by atoms with van der Waals surface area (Å²) in [5.74, 6) is -0.360. The summed E-state index contributed by atoms with van der Waals surface area (Å²) in [4.78, 5) is 23.5. The van der Waals surface area contributed by atoms with Gasteiger partial charge in [0.15, 0.2) is 0 Å². The van der Waals surface area contributed by atoms with Crippen LogP contribution in [0.25, 0.3) is 0 Å². The molecule has 4 nitrogen and oxygen atoms in total. The van der Waals surface area contributed by atoms with Crippen molar-refractivity contribution < 1.29 is 14.7 Å². The molecule has 1 aliphatic rings. The van der Waals surface area contributed by atoms with Crippen LogP contribution in [0.4, 0.5) is 5.69 Å². The zero-order valence-corrected chi connectivity index (χ0v) is 12.0. The second-order valence-electron chi connectivity index (χ2n) is 5.75. The highest BCUT2D eigenvalue weighted by Crippen LogP contribution is 2.29. The van der Waals surface area contributed by atoms with Crippen LogP contribution in [0.15, 0.2) is 18.2 Å². The molecule has 1 amide bonds. The van der Waals surface area contributed by atoms with Gasteiger partial charge in [-0.15, -0.1) is 0 Å². The Bertz CT molecular complexity index is 516. The topological polar surface area (TPSA) is 66.4 Å². The van der Waals surface area contributed by atoms with Crippen molar-refractivity contribution in [2.75, 3.05) is 5.32 Å². The van der Waals surface area contributed by atoms with Crippen molar-refractivity contribution >= 4 is 17.6 Å². The van der Waals surface area contributed by atoms with Crippen molar-refractivity contribution in [3.05, 3.63) is 29.3 Å². The molecule has 1 saturated carbocycles. The maximum atomic E-state index is 12.3. The average Bonchev–Trinajstić information content (AvgIpc) is 2.39. The van der Waals surface area contributed by atoms with Crippen molar-refractivity contribution in [1.29, 1.82) is 0 Å². The lowest BCUT2D eigenvalue weighted by Crippen LogP contribution is -2.27. The third kappa shape index (κ3) is 3.18. The Morgan fingerprint density at radius 1 is 1.20 bits per heavy atom. The van der Waals surface area contributed by atoms with E-state index >= 15 is 0 Å². The number of carbonyl (C=O) groups is 2. The van der Waals surface area contributed by atoms with Gasteiger partial charge in [-0.1, -0.05) is 19.1 Å². The van der Waals surface area contributed by atoms with E-state index < -0.39 is 5.97 Å². The first-order valence-corrected chi connectivity index (χ1v) is 7.12. The highest BCUT2D eigenvalue weighted by molar-refractivity contribution is 6.02. The Labute approximate surface area is 119 Å². The molecule has 0 radical (unpaired) electrons. The molecule has 1 aromatic rings. The normalized spacial score (nSPS) is 22.3.